The van der Waals surface area contributed by atoms with Crippen molar-refractivity contribution in [3.8, 4) is 5.75 Å². The Morgan fingerprint density at radius 1 is 1.38 bits per heavy atom. The van der Waals surface area contributed by atoms with Crippen LogP contribution in [0, 0.1) is 10.1 Å². The highest BCUT2D eigenvalue weighted by atomic mass is 32.2. The van der Waals surface area contributed by atoms with E-state index in [9.17, 15) is 18.5 Å². The van der Waals surface area contributed by atoms with E-state index < -0.39 is 14.8 Å². The van der Waals surface area contributed by atoms with Crippen molar-refractivity contribution in [1.29, 1.82) is 0 Å². The summed E-state index contributed by atoms with van der Waals surface area (Å²) in [5.41, 5.74) is 0.691. The molecule has 0 aliphatic rings. The summed E-state index contributed by atoms with van der Waals surface area (Å²) in [6, 6.07) is 4.39. The van der Waals surface area contributed by atoms with Crippen LogP contribution in [0.15, 0.2) is 18.2 Å². The van der Waals surface area contributed by atoms with Crippen molar-refractivity contribution in [2.24, 2.45) is 0 Å². The molecular weight excluding hydrogens is 296 g/mol. The first-order valence-corrected chi connectivity index (χ1v) is 8.68. The molecule has 21 heavy (non-hydrogen) atoms. The Morgan fingerprint density at radius 2 is 2.10 bits per heavy atom. The Bertz CT molecular complexity index is 586. The summed E-state index contributed by atoms with van der Waals surface area (Å²) in [7, 11) is -3.00. The number of benzene rings is 1. The molecule has 1 N–H and O–H groups in total. The van der Waals surface area contributed by atoms with Crippen LogP contribution >= 0.6 is 0 Å². The lowest BCUT2D eigenvalue weighted by atomic mass is 10.1. The lowest BCUT2D eigenvalue weighted by Crippen LogP contribution is -2.14. The number of non-ortho nitro benzene ring substituents is 1. The first-order valence-electron chi connectivity index (χ1n) is 6.62. The first kappa shape index (κ1) is 17.4. The largest absolute Gasteiger partial charge is 0.493 e. The number of nitrogens with one attached hydrogen (secondary N) is 1. The fourth-order valence-corrected chi connectivity index (χ4v) is 2.36. The molecule has 0 heterocycles. The molecule has 0 aliphatic carbocycles. The van der Waals surface area contributed by atoms with Crippen LogP contribution in [0.25, 0.3) is 0 Å². The van der Waals surface area contributed by atoms with Crippen molar-refractivity contribution in [1.82, 2.24) is 5.32 Å². The van der Waals surface area contributed by atoms with Gasteiger partial charge in [-0.15, -0.1) is 0 Å². The molecule has 7 nitrogen and oxygen atoms in total. The van der Waals surface area contributed by atoms with E-state index in [4.69, 9.17) is 4.74 Å². The quantitative estimate of drug-likeness (QED) is 0.421. The van der Waals surface area contributed by atoms with Crippen molar-refractivity contribution in [2.45, 2.75) is 19.9 Å². The number of hydrogen-bond acceptors (Lipinski definition) is 6. The zero-order valence-electron chi connectivity index (χ0n) is 12.2. The summed E-state index contributed by atoms with van der Waals surface area (Å²) in [5, 5.41) is 13.9. The standard InChI is InChI=1S/C13H20N2O5S/c1-3-14-10-11-9-12(15(16)17)5-6-13(11)20-7-4-8-21(2,18)19/h5-6,9,14H,3-4,7-8,10H2,1-2H3. The van der Waals surface area contributed by atoms with Gasteiger partial charge in [-0.3, -0.25) is 10.1 Å². The molecule has 1 rings (SSSR count). The van der Waals surface area contributed by atoms with Gasteiger partial charge in [0.05, 0.1) is 17.3 Å². The molecule has 0 fully saturated rings. The Hall–Kier alpha value is -1.67. The molecule has 118 valence electrons. The first-order chi connectivity index (χ1) is 9.83. The summed E-state index contributed by atoms with van der Waals surface area (Å²) >= 11 is 0. The van der Waals surface area contributed by atoms with Gasteiger partial charge >= 0.3 is 0 Å². The maximum atomic E-state index is 11.0. The maximum Gasteiger partial charge on any atom is 0.270 e. The molecule has 0 unspecified atom stereocenters. The van der Waals surface area contributed by atoms with Crippen LogP contribution in [0.1, 0.15) is 18.9 Å². The molecule has 1 aromatic carbocycles. The third-order valence-electron chi connectivity index (χ3n) is 2.74. The number of nitro groups is 1. The van der Waals surface area contributed by atoms with E-state index in [2.05, 4.69) is 5.32 Å². The zero-order chi connectivity index (χ0) is 15.9. The van der Waals surface area contributed by atoms with Gasteiger partial charge in [-0.05, 0) is 19.0 Å². The minimum Gasteiger partial charge on any atom is -0.493 e. The minimum atomic E-state index is -3.00. The van der Waals surface area contributed by atoms with Gasteiger partial charge in [-0.2, -0.15) is 0 Å². The van der Waals surface area contributed by atoms with Crippen LogP contribution in [0.4, 0.5) is 5.69 Å². The normalized spacial score (nSPS) is 11.3. The summed E-state index contributed by atoms with van der Waals surface area (Å²) in [6.45, 7) is 3.38. The van der Waals surface area contributed by atoms with Gasteiger partial charge in [0.1, 0.15) is 15.6 Å². The molecule has 0 radical (unpaired) electrons. The highest BCUT2D eigenvalue weighted by Crippen LogP contribution is 2.24. The molecule has 0 bridgehead atoms. The number of hydrogen-bond donors (Lipinski definition) is 1. The molecule has 0 atom stereocenters. The Morgan fingerprint density at radius 3 is 2.67 bits per heavy atom. The minimum absolute atomic E-state index is 0.00592. The highest BCUT2D eigenvalue weighted by molar-refractivity contribution is 7.90. The van der Waals surface area contributed by atoms with Crippen molar-refractivity contribution in [2.75, 3.05) is 25.2 Å². The Balaban J connectivity index is 2.72. The van der Waals surface area contributed by atoms with Crippen molar-refractivity contribution >= 4 is 15.5 Å². The predicted octanol–water partition coefficient (Wildman–Crippen LogP) is 1.52. The third kappa shape index (κ3) is 6.54. The van der Waals surface area contributed by atoms with Crippen molar-refractivity contribution in [3.63, 3.8) is 0 Å². The van der Waals surface area contributed by atoms with E-state index in [0.717, 1.165) is 6.54 Å². The van der Waals surface area contributed by atoms with E-state index in [-0.39, 0.29) is 18.0 Å². The molecule has 1 aromatic rings. The summed E-state index contributed by atoms with van der Waals surface area (Å²) in [4.78, 5) is 10.3. The molecule has 0 amide bonds. The average molecular weight is 316 g/mol. The Kier molecular flexibility index (Phi) is 6.57. The topological polar surface area (TPSA) is 98.5 Å². The highest BCUT2D eigenvalue weighted by Gasteiger charge is 2.12. The van der Waals surface area contributed by atoms with Crippen LogP contribution in [-0.2, 0) is 16.4 Å². The van der Waals surface area contributed by atoms with Crippen LogP contribution in [0.5, 0.6) is 5.75 Å². The smallest absolute Gasteiger partial charge is 0.270 e. The van der Waals surface area contributed by atoms with Gasteiger partial charge in [0, 0.05) is 30.5 Å². The van der Waals surface area contributed by atoms with Gasteiger partial charge in [0.15, 0.2) is 0 Å². The fourth-order valence-electron chi connectivity index (χ4n) is 1.72. The molecular formula is C13H20N2O5S. The predicted molar refractivity (Wildman–Crippen MR) is 80.3 cm³/mol. The van der Waals surface area contributed by atoms with Gasteiger partial charge < -0.3 is 10.1 Å². The maximum absolute atomic E-state index is 11.0. The summed E-state index contributed by atoms with van der Waals surface area (Å²) in [6.07, 6.45) is 1.56. The van der Waals surface area contributed by atoms with Gasteiger partial charge in [-0.25, -0.2) is 8.42 Å². The van der Waals surface area contributed by atoms with Crippen LogP contribution in [-0.4, -0.2) is 38.5 Å². The third-order valence-corrected chi connectivity index (χ3v) is 3.77. The lowest BCUT2D eigenvalue weighted by molar-refractivity contribution is -0.384. The molecule has 0 saturated heterocycles. The number of rotatable bonds is 9. The number of sulfone groups is 1. The monoisotopic (exact) mass is 316 g/mol. The van der Waals surface area contributed by atoms with E-state index in [0.29, 0.717) is 24.3 Å². The van der Waals surface area contributed by atoms with Crippen molar-refractivity contribution in [3.05, 3.63) is 33.9 Å². The summed E-state index contributed by atoms with van der Waals surface area (Å²) < 4.78 is 27.6. The number of nitrogens with zero attached hydrogens (tertiary/aromatic N) is 1. The second-order valence-electron chi connectivity index (χ2n) is 4.66. The van der Waals surface area contributed by atoms with Crippen LogP contribution < -0.4 is 10.1 Å². The second kappa shape index (κ2) is 7.94. The van der Waals surface area contributed by atoms with Crippen LogP contribution in [0.2, 0.25) is 0 Å². The second-order valence-corrected chi connectivity index (χ2v) is 6.92. The van der Waals surface area contributed by atoms with Gasteiger partial charge in [0.25, 0.3) is 5.69 Å². The van der Waals surface area contributed by atoms with E-state index in [1.807, 2.05) is 6.92 Å². The SMILES string of the molecule is CCNCc1cc([N+](=O)[O-])ccc1OCCCS(C)(=O)=O. The van der Waals surface area contributed by atoms with E-state index in [1.165, 1.54) is 18.4 Å². The molecule has 0 aliphatic heterocycles. The van der Waals surface area contributed by atoms with Crippen molar-refractivity contribution < 1.29 is 18.1 Å². The molecule has 0 aromatic heterocycles. The van der Waals surface area contributed by atoms with E-state index >= 15 is 0 Å². The van der Waals surface area contributed by atoms with Gasteiger partial charge in [-0.1, -0.05) is 6.92 Å². The van der Waals surface area contributed by atoms with Gasteiger partial charge in [0.2, 0.25) is 0 Å². The van der Waals surface area contributed by atoms with Crippen LogP contribution in [0.3, 0.4) is 0 Å². The molecule has 0 saturated carbocycles. The fraction of sp³-hybridized carbons (Fsp3) is 0.538. The Labute approximate surface area is 124 Å². The number of ether oxygens (including phenoxy) is 1. The molecule has 0 spiro atoms. The zero-order valence-corrected chi connectivity index (χ0v) is 13.0. The lowest BCUT2D eigenvalue weighted by Gasteiger charge is -2.11. The average Bonchev–Trinajstić information content (AvgIpc) is 2.40. The number of nitro benzene ring substituents is 1. The van der Waals surface area contributed by atoms with E-state index in [1.54, 1.807) is 6.07 Å². The summed E-state index contributed by atoms with van der Waals surface area (Å²) in [5.74, 6) is 0.595. The molecule has 8 heteroatoms.